The number of hydrogen-bond acceptors (Lipinski definition) is 5. The molecule has 0 aromatic carbocycles. The third-order valence-corrected chi connectivity index (χ3v) is 6.58. The van der Waals surface area contributed by atoms with E-state index in [0.29, 0.717) is 13.0 Å². The lowest BCUT2D eigenvalue weighted by Crippen LogP contribution is -2.45. The quantitative estimate of drug-likeness (QED) is 0.863. The number of aromatic carboxylic acids is 1. The molecule has 1 aliphatic rings. The SMILES string of the molecule is CC1CCN(S(=O)(=O)c2cc(C(=O)O)cs2)CC1O. The summed E-state index contributed by atoms with van der Waals surface area (Å²) >= 11 is 0.888. The monoisotopic (exact) mass is 305 g/mol. The molecule has 1 fully saturated rings. The van der Waals surface area contributed by atoms with E-state index in [1.54, 1.807) is 0 Å². The molecular formula is C11H15NO5S2. The fourth-order valence-electron chi connectivity index (χ4n) is 1.93. The summed E-state index contributed by atoms with van der Waals surface area (Å²) < 4.78 is 25.8. The van der Waals surface area contributed by atoms with Crippen LogP contribution in [0.2, 0.25) is 0 Å². The lowest BCUT2D eigenvalue weighted by atomic mass is 9.98. The number of hydrogen-bond donors (Lipinski definition) is 2. The molecule has 1 aliphatic heterocycles. The molecule has 0 saturated carbocycles. The number of nitrogens with zero attached hydrogens (tertiary/aromatic N) is 1. The summed E-state index contributed by atoms with van der Waals surface area (Å²) in [4.78, 5) is 10.8. The van der Waals surface area contributed by atoms with Crippen LogP contribution in [0.25, 0.3) is 0 Å². The number of carboxylic acid groups (broad SMARTS) is 1. The van der Waals surface area contributed by atoms with Gasteiger partial charge in [-0.05, 0) is 18.4 Å². The van der Waals surface area contributed by atoms with Gasteiger partial charge in [-0.2, -0.15) is 4.31 Å². The van der Waals surface area contributed by atoms with Crippen molar-refractivity contribution in [2.45, 2.75) is 23.7 Å². The first-order valence-electron chi connectivity index (χ1n) is 5.82. The summed E-state index contributed by atoms with van der Waals surface area (Å²) in [5, 5.41) is 19.9. The van der Waals surface area contributed by atoms with Crippen LogP contribution < -0.4 is 0 Å². The number of carboxylic acids is 1. The molecule has 1 aromatic rings. The Morgan fingerprint density at radius 1 is 1.53 bits per heavy atom. The highest BCUT2D eigenvalue weighted by atomic mass is 32.2. The first-order chi connectivity index (χ1) is 8.82. The number of carbonyl (C=O) groups is 1. The maximum Gasteiger partial charge on any atom is 0.336 e. The Kier molecular flexibility index (Phi) is 3.95. The Morgan fingerprint density at radius 2 is 2.21 bits per heavy atom. The van der Waals surface area contributed by atoms with Gasteiger partial charge < -0.3 is 10.2 Å². The van der Waals surface area contributed by atoms with Crippen molar-refractivity contribution in [1.29, 1.82) is 0 Å². The average molecular weight is 305 g/mol. The minimum Gasteiger partial charge on any atom is -0.478 e. The molecule has 106 valence electrons. The van der Waals surface area contributed by atoms with Gasteiger partial charge in [0.15, 0.2) is 0 Å². The molecule has 2 atom stereocenters. The minimum absolute atomic E-state index is 0.00616. The highest BCUT2D eigenvalue weighted by Crippen LogP contribution is 2.27. The van der Waals surface area contributed by atoms with E-state index in [1.807, 2.05) is 6.92 Å². The van der Waals surface area contributed by atoms with Crippen molar-refractivity contribution in [2.24, 2.45) is 5.92 Å². The van der Waals surface area contributed by atoms with Crippen molar-refractivity contribution < 1.29 is 23.4 Å². The first-order valence-corrected chi connectivity index (χ1v) is 8.14. The summed E-state index contributed by atoms with van der Waals surface area (Å²) in [6, 6.07) is 1.16. The Bertz CT molecular complexity index is 580. The maximum atomic E-state index is 12.3. The largest absolute Gasteiger partial charge is 0.478 e. The molecule has 2 heterocycles. The van der Waals surface area contributed by atoms with E-state index in [0.717, 1.165) is 17.4 Å². The highest BCUT2D eigenvalue weighted by Gasteiger charge is 2.33. The van der Waals surface area contributed by atoms with Crippen molar-refractivity contribution in [2.75, 3.05) is 13.1 Å². The Morgan fingerprint density at radius 3 is 2.74 bits per heavy atom. The lowest BCUT2D eigenvalue weighted by Gasteiger charge is -2.32. The molecule has 1 aromatic heterocycles. The summed E-state index contributed by atoms with van der Waals surface area (Å²) in [5.41, 5.74) is -0.0329. The lowest BCUT2D eigenvalue weighted by molar-refractivity contribution is 0.0605. The Hall–Kier alpha value is -0.960. The zero-order valence-corrected chi connectivity index (χ0v) is 11.9. The fraction of sp³-hybridized carbons (Fsp3) is 0.545. The predicted molar refractivity (Wildman–Crippen MR) is 69.8 cm³/mol. The molecule has 2 N–H and O–H groups in total. The molecule has 2 rings (SSSR count). The van der Waals surface area contributed by atoms with Gasteiger partial charge in [-0.3, -0.25) is 0 Å². The van der Waals surface area contributed by atoms with Crippen molar-refractivity contribution in [1.82, 2.24) is 4.31 Å². The number of aliphatic hydroxyl groups excluding tert-OH is 1. The van der Waals surface area contributed by atoms with Crippen molar-refractivity contribution >= 4 is 27.3 Å². The van der Waals surface area contributed by atoms with Gasteiger partial charge in [0.1, 0.15) is 4.21 Å². The van der Waals surface area contributed by atoms with Crippen LogP contribution in [-0.4, -0.2) is 48.1 Å². The molecule has 2 unspecified atom stereocenters. The summed E-state index contributed by atoms with van der Waals surface area (Å²) in [7, 11) is -3.70. The summed E-state index contributed by atoms with van der Waals surface area (Å²) in [6.45, 7) is 2.28. The summed E-state index contributed by atoms with van der Waals surface area (Å²) in [5.74, 6) is -1.07. The molecule has 19 heavy (non-hydrogen) atoms. The molecule has 0 aliphatic carbocycles. The van der Waals surface area contributed by atoms with Gasteiger partial charge in [-0.15, -0.1) is 11.3 Å². The normalized spacial score (nSPS) is 25.4. The molecule has 0 spiro atoms. The van der Waals surface area contributed by atoms with Crippen LogP contribution in [0.3, 0.4) is 0 Å². The van der Waals surface area contributed by atoms with Crippen molar-refractivity contribution in [3.8, 4) is 0 Å². The van der Waals surface area contributed by atoms with E-state index in [2.05, 4.69) is 0 Å². The molecule has 8 heteroatoms. The smallest absolute Gasteiger partial charge is 0.336 e. The van der Waals surface area contributed by atoms with Crippen LogP contribution in [0.1, 0.15) is 23.7 Å². The third-order valence-electron chi connectivity index (χ3n) is 3.30. The topological polar surface area (TPSA) is 94.9 Å². The van der Waals surface area contributed by atoms with Crippen LogP contribution in [0.5, 0.6) is 0 Å². The van der Waals surface area contributed by atoms with Crippen LogP contribution in [0.4, 0.5) is 0 Å². The van der Waals surface area contributed by atoms with Gasteiger partial charge in [0, 0.05) is 18.5 Å². The highest BCUT2D eigenvalue weighted by molar-refractivity contribution is 7.91. The molecule has 0 bridgehead atoms. The summed E-state index contributed by atoms with van der Waals surface area (Å²) in [6.07, 6.45) is -0.0835. The minimum atomic E-state index is -3.70. The Balaban J connectivity index is 2.24. The van der Waals surface area contributed by atoms with Gasteiger partial charge in [0.25, 0.3) is 10.0 Å². The van der Waals surface area contributed by atoms with Crippen molar-refractivity contribution in [3.05, 3.63) is 17.0 Å². The van der Waals surface area contributed by atoms with Crippen LogP contribution in [0.15, 0.2) is 15.7 Å². The second kappa shape index (κ2) is 5.20. The van der Waals surface area contributed by atoms with E-state index < -0.39 is 22.1 Å². The maximum absolute atomic E-state index is 12.3. The van der Waals surface area contributed by atoms with E-state index in [9.17, 15) is 18.3 Å². The van der Waals surface area contributed by atoms with Crippen LogP contribution >= 0.6 is 11.3 Å². The van der Waals surface area contributed by atoms with Crippen LogP contribution in [-0.2, 0) is 10.0 Å². The van der Waals surface area contributed by atoms with Gasteiger partial charge >= 0.3 is 5.97 Å². The van der Waals surface area contributed by atoms with E-state index >= 15 is 0 Å². The standard InChI is InChI=1S/C11H15NO5S2/c1-7-2-3-12(5-9(7)13)19(16,17)10-4-8(6-18-10)11(14)15/h4,6-7,9,13H,2-3,5H2,1H3,(H,14,15). The van der Waals surface area contributed by atoms with Gasteiger partial charge in [0.2, 0.25) is 0 Å². The molecular weight excluding hydrogens is 290 g/mol. The zero-order valence-electron chi connectivity index (χ0n) is 10.3. The first kappa shape index (κ1) is 14.4. The van der Waals surface area contributed by atoms with Gasteiger partial charge in [-0.1, -0.05) is 6.92 Å². The number of piperidine rings is 1. The average Bonchev–Trinajstić information content (AvgIpc) is 2.82. The number of β-amino-alcohol motifs (C(OH)–C–C–N with tert-alkyl or cyclic N) is 1. The molecule has 0 amide bonds. The number of thiophene rings is 1. The number of rotatable bonds is 3. The molecule has 6 nitrogen and oxygen atoms in total. The second-order valence-corrected chi connectivity index (χ2v) is 7.73. The second-order valence-electron chi connectivity index (χ2n) is 4.66. The Labute approximate surface area is 115 Å². The molecule has 1 saturated heterocycles. The van der Waals surface area contributed by atoms with Gasteiger partial charge in [0.05, 0.1) is 11.7 Å². The predicted octanol–water partition coefficient (Wildman–Crippen LogP) is 0.838. The fourth-order valence-corrected chi connectivity index (χ4v) is 4.71. The zero-order chi connectivity index (χ0) is 14.2. The number of aliphatic hydroxyl groups is 1. The number of sulfonamides is 1. The van der Waals surface area contributed by atoms with E-state index in [-0.39, 0.29) is 22.2 Å². The third kappa shape index (κ3) is 2.81. The van der Waals surface area contributed by atoms with E-state index in [4.69, 9.17) is 5.11 Å². The van der Waals surface area contributed by atoms with E-state index in [1.165, 1.54) is 9.69 Å². The van der Waals surface area contributed by atoms with Crippen molar-refractivity contribution in [3.63, 3.8) is 0 Å². The van der Waals surface area contributed by atoms with Crippen LogP contribution in [0, 0.1) is 5.92 Å². The molecule has 0 radical (unpaired) electrons. The van der Waals surface area contributed by atoms with Gasteiger partial charge in [-0.25, -0.2) is 13.2 Å².